The van der Waals surface area contributed by atoms with Crippen molar-refractivity contribution in [1.29, 1.82) is 0 Å². The third-order valence-electron chi connectivity index (χ3n) is 3.99. The highest BCUT2D eigenvalue weighted by molar-refractivity contribution is 5.94. The van der Waals surface area contributed by atoms with E-state index in [1.54, 1.807) is 18.2 Å². The van der Waals surface area contributed by atoms with Crippen LogP contribution >= 0.6 is 0 Å². The smallest absolute Gasteiger partial charge is 0.443 e. The Kier molecular flexibility index (Phi) is 4.16. The quantitative estimate of drug-likeness (QED) is 0.911. The van der Waals surface area contributed by atoms with Crippen LogP contribution in [0, 0.1) is 5.92 Å². The molecule has 1 aromatic heterocycles. The summed E-state index contributed by atoms with van der Waals surface area (Å²) >= 11 is 0. The molecule has 0 spiro atoms. The number of aromatic nitrogens is 1. The second kappa shape index (κ2) is 6.14. The molecule has 2 aromatic rings. The van der Waals surface area contributed by atoms with Crippen LogP contribution in [0.3, 0.4) is 0 Å². The molecule has 0 saturated carbocycles. The number of nitrogens with one attached hydrogen (secondary N) is 1. The predicted octanol–water partition coefficient (Wildman–Crippen LogP) is 2.57. The number of piperidine rings is 1. The minimum atomic E-state index is -4.87. The van der Waals surface area contributed by atoms with Crippen LogP contribution in [-0.4, -0.2) is 41.0 Å². The van der Waals surface area contributed by atoms with Crippen LogP contribution in [0.1, 0.15) is 12.8 Å². The van der Waals surface area contributed by atoms with E-state index in [1.807, 2.05) is 0 Å². The lowest BCUT2D eigenvalue weighted by Gasteiger charge is -2.31. The number of hydrogen-bond donors (Lipinski definition) is 1. The first kappa shape index (κ1) is 16.3. The van der Waals surface area contributed by atoms with Gasteiger partial charge in [0.25, 0.3) is 0 Å². The maximum absolute atomic E-state index is 12.4. The summed E-state index contributed by atoms with van der Waals surface area (Å²) in [6.45, 7) is -0.169. The molecule has 1 fully saturated rings. The van der Waals surface area contributed by atoms with Crippen molar-refractivity contribution in [2.24, 2.45) is 5.92 Å². The second-order valence-electron chi connectivity index (χ2n) is 5.59. The molecular formula is C15H14F3N3O3. The highest BCUT2D eigenvalue weighted by Crippen LogP contribution is 2.25. The van der Waals surface area contributed by atoms with E-state index in [-0.39, 0.29) is 31.8 Å². The van der Waals surface area contributed by atoms with Crippen molar-refractivity contribution in [3.63, 3.8) is 0 Å². The highest BCUT2D eigenvalue weighted by Gasteiger charge is 2.43. The van der Waals surface area contributed by atoms with Crippen molar-refractivity contribution in [1.82, 2.24) is 9.88 Å². The summed E-state index contributed by atoms with van der Waals surface area (Å²) in [7, 11) is 0. The molecule has 1 saturated heterocycles. The van der Waals surface area contributed by atoms with Crippen LogP contribution in [-0.2, 0) is 9.59 Å². The molecule has 0 aliphatic carbocycles. The molecule has 1 aliphatic heterocycles. The summed E-state index contributed by atoms with van der Waals surface area (Å²) in [6.07, 6.45) is -3.19. The van der Waals surface area contributed by atoms with Crippen molar-refractivity contribution in [2.45, 2.75) is 19.0 Å². The number of carbonyl (C=O) groups excluding carboxylic acids is 2. The molecule has 6 nitrogen and oxygen atoms in total. The van der Waals surface area contributed by atoms with Crippen molar-refractivity contribution >= 4 is 28.6 Å². The molecule has 9 heteroatoms. The normalized spacial score (nSPS) is 16.4. The number of amides is 2. The second-order valence-corrected chi connectivity index (χ2v) is 5.59. The van der Waals surface area contributed by atoms with E-state index in [0.717, 1.165) is 4.90 Å². The van der Waals surface area contributed by atoms with E-state index in [1.165, 1.54) is 6.39 Å². The number of likely N-dealkylation sites (tertiary alicyclic amines) is 1. The van der Waals surface area contributed by atoms with E-state index in [4.69, 9.17) is 4.42 Å². The Morgan fingerprint density at radius 3 is 2.62 bits per heavy atom. The largest absolute Gasteiger partial charge is 0.471 e. The van der Waals surface area contributed by atoms with Crippen molar-refractivity contribution < 1.29 is 27.2 Å². The third kappa shape index (κ3) is 3.34. The topological polar surface area (TPSA) is 75.4 Å². The fourth-order valence-electron chi connectivity index (χ4n) is 2.70. The summed E-state index contributed by atoms with van der Waals surface area (Å²) in [4.78, 5) is 28.1. The fraction of sp³-hybridized carbons (Fsp3) is 0.400. The number of halogens is 3. The van der Waals surface area contributed by atoms with Gasteiger partial charge in [-0.1, -0.05) is 0 Å². The number of oxazole rings is 1. The number of rotatable bonds is 2. The van der Waals surface area contributed by atoms with Crippen LogP contribution in [0.25, 0.3) is 11.1 Å². The van der Waals surface area contributed by atoms with Crippen LogP contribution in [0.5, 0.6) is 0 Å². The average Bonchev–Trinajstić information content (AvgIpc) is 3.01. The van der Waals surface area contributed by atoms with E-state index in [2.05, 4.69) is 10.3 Å². The minimum absolute atomic E-state index is 0.0846. The van der Waals surface area contributed by atoms with Crippen molar-refractivity contribution in [3.05, 3.63) is 24.6 Å². The zero-order valence-electron chi connectivity index (χ0n) is 12.5. The number of hydrogen-bond acceptors (Lipinski definition) is 4. The van der Waals surface area contributed by atoms with Crippen LogP contribution in [0.2, 0.25) is 0 Å². The van der Waals surface area contributed by atoms with Crippen LogP contribution < -0.4 is 5.32 Å². The monoisotopic (exact) mass is 341 g/mol. The molecule has 3 rings (SSSR count). The van der Waals surface area contributed by atoms with Crippen molar-refractivity contribution in [2.75, 3.05) is 18.4 Å². The predicted molar refractivity (Wildman–Crippen MR) is 78.0 cm³/mol. The van der Waals surface area contributed by atoms with Gasteiger partial charge in [-0.25, -0.2) is 4.98 Å². The van der Waals surface area contributed by atoms with Gasteiger partial charge in [0, 0.05) is 24.7 Å². The molecule has 2 amide bonds. The van der Waals surface area contributed by atoms with Gasteiger partial charge in [-0.15, -0.1) is 0 Å². The Morgan fingerprint density at radius 2 is 1.96 bits per heavy atom. The Balaban J connectivity index is 1.58. The summed E-state index contributed by atoms with van der Waals surface area (Å²) in [5, 5.41) is 2.72. The van der Waals surface area contributed by atoms with Gasteiger partial charge in [0.2, 0.25) is 5.91 Å². The molecule has 2 heterocycles. The number of nitrogens with zero attached hydrogens (tertiary/aromatic N) is 2. The summed E-state index contributed by atoms with van der Waals surface area (Å²) in [5.74, 6) is -2.56. The molecule has 128 valence electrons. The molecule has 0 unspecified atom stereocenters. The first-order valence-corrected chi connectivity index (χ1v) is 7.35. The number of benzene rings is 1. The fourth-order valence-corrected chi connectivity index (χ4v) is 2.70. The molecule has 1 aromatic carbocycles. The SMILES string of the molecule is O=C(Nc1ccc2ocnc2c1)C1CCN(C(=O)C(F)(F)F)CC1. The number of carbonyl (C=O) groups is 2. The summed E-state index contributed by atoms with van der Waals surface area (Å²) in [5.41, 5.74) is 1.72. The van der Waals surface area contributed by atoms with E-state index >= 15 is 0 Å². The van der Waals surface area contributed by atoms with Gasteiger partial charge in [0.05, 0.1) is 0 Å². The van der Waals surface area contributed by atoms with Crippen LogP contribution in [0.15, 0.2) is 29.0 Å². The van der Waals surface area contributed by atoms with E-state index in [0.29, 0.717) is 16.8 Å². The Labute approximate surface area is 134 Å². The molecule has 0 atom stereocenters. The van der Waals surface area contributed by atoms with Gasteiger partial charge in [-0.2, -0.15) is 13.2 Å². The van der Waals surface area contributed by atoms with Gasteiger partial charge in [0.1, 0.15) is 5.52 Å². The first-order chi connectivity index (χ1) is 11.3. The minimum Gasteiger partial charge on any atom is -0.443 e. The molecule has 24 heavy (non-hydrogen) atoms. The number of fused-ring (bicyclic) bond motifs is 1. The first-order valence-electron chi connectivity index (χ1n) is 7.35. The zero-order valence-corrected chi connectivity index (χ0v) is 12.5. The average molecular weight is 341 g/mol. The van der Waals surface area contributed by atoms with Gasteiger partial charge in [-0.3, -0.25) is 9.59 Å². The van der Waals surface area contributed by atoms with E-state index < -0.39 is 18.0 Å². The highest BCUT2D eigenvalue weighted by atomic mass is 19.4. The lowest BCUT2D eigenvalue weighted by atomic mass is 9.95. The maximum atomic E-state index is 12.4. The zero-order chi connectivity index (χ0) is 17.3. The maximum Gasteiger partial charge on any atom is 0.471 e. The standard InChI is InChI=1S/C15H14F3N3O3/c16-15(17,18)14(23)21-5-3-9(4-6-21)13(22)20-10-1-2-12-11(7-10)19-8-24-12/h1-2,7-9H,3-6H2,(H,20,22). The lowest BCUT2D eigenvalue weighted by molar-refractivity contribution is -0.186. The molecule has 1 N–H and O–H groups in total. The molecule has 0 radical (unpaired) electrons. The van der Waals surface area contributed by atoms with Gasteiger partial charge in [0.15, 0.2) is 12.0 Å². The molecule has 1 aliphatic rings. The Hall–Kier alpha value is -2.58. The number of anilines is 1. The Morgan fingerprint density at radius 1 is 1.25 bits per heavy atom. The van der Waals surface area contributed by atoms with Crippen molar-refractivity contribution in [3.8, 4) is 0 Å². The van der Waals surface area contributed by atoms with Gasteiger partial charge >= 0.3 is 12.1 Å². The third-order valence-corrected chi connectivity index (χ3v) is 3.99. The lowest BCUT2D eigenvalue weighted by Crippen LogP contribution is -2.46. The molecule has 0 bridgehead atoms. The van der Waals surface area contributed by atoms with E-state index in [9.17, 15) is 22.8 Å². The number of alkyl halides is 3. The van der Waals surface area contributed by atoms with Gasteiger partial charge in [-0.05, 0) is 31.0 Å². The summed E-state index contributed by atoms with van der Waals surface area (Å²) < 4.78 is 42.3. The van der Waals surface area contributed by atoms with Gasteiger partial charge < -0.3 is 14.6 Å². The molecular weight excluding hydrogens is 327 g/mol. The van der Waals surface area contributed by atoms with Crippen LogP contribution in [0.4, 0.5) is 18.9 Å². The summed E-state index contributed by atoms with van der Waals surface area (Å²) in [6, 6.07) is 4.98. The Bertz CT molecular complexity index is 764.